The van der Waals surface area contributed by atoms with Gasteiger partial charge in [0, 0.05) is 152 Å². The number of nitrogens with one attached hydrogen (secondary N) is 3. The van der Waals surface area contributed by atoms with Gasteiger partial charge in [-0.15, -0.1) is 0 Å². The Hall–Kier alpha value is -10.5. The fraction of sp³-hybridized carbons (Fsp3) is 0.301. The van der Waals surface area contributed by atoms with Crippen molar-refractivity contribution in [3.63, 3.8) is 0 Å². The zero-order valence-corrected chi connectivity index (χ0v) is 56.0. The molecule has 3 N–H and O–H groups in total. The Morgan fingerprint density at radius 3 is 1.29 bits per heavy atom. The van der Waals surface area contributed by atoms with E-state index >= 15 is 4.39 Å². The van der Waals surface area contributed by atoms with Gasteiger partial charge in [0.25, 0.3) is 0 Å². The Morgan fingerprint density at radius 2 is 0.866 bits per heavy atom. The number of aryl methyl sites for hydroxylation is 6. The first-order chi connectivity index (χ1) is 46.7. The lowest BCUT2D eigenvalue weighted by Crippen LogP contribution is -2.13. The molecular formula is C73H75F5N16O3. The van der Waals surface area contributed by atoms with Gasteiger partial charge in [0.2, 0.25) is 17.8 Å². The Kier molecular flexibility index (Phi) is 18.1. The van der Waals surface area contributed by atoms with Gasteiger partial charge in [-0.1, -0.05) is 18.2 Å². The Labute approximate surface area is 558 Å². The van der Waals surface area contributed by atoms with Gasteiger partial charge in [0.1, 0.15) is 57.6 Å². The third-order valence-electron chi connectivity index (χ3n) is 17.6. The van der Waals surface area contributed by atoms with Gasteiger partial charge in [0.05, 0.1) is 53.9 Å². The maximum absolute atomic E-state index is 15.1. The van der Waals surface area contributed by atoms with Crippen molar-refractivity contribution >= 4 is 34.8 Å². The second-order valence-corrected chi connectivity index (χ2v) is 25.3. The molecule has 0 bridgehead atoms. The molecule has 0 atom stereocenters. The summed E-state index contributed by atoms with van der Waals surface area (Å²) in [7, 11) is 9.56. The maximum atomic E-state index is 15.1. The molecule has 15 rings (SSSR count). The van der Waals surface area contributed by atoms with Gasteiger partial charge in [-0.2, -0.15) is 5.10 Å². The number of anilines is 3. The number of nitrogens with zero attached hydrogens (tertiary/aromatic N) is 13. The number of fused-ring (bicyclic) bond motifs is 6. The third-order valence-corrected chi connectivity index (χ3v) is 17.6. The van der Waals surface area contributed by atoms with Gasteiger partial charge in [0.15, 0.2) is 5.65 Å². The summed E-state index contributed by atoms with van der Waals surface area (Å²) in [6, 6.07) is 18.6. The van der Waals surface area contributed by atoms with Crippen LogP contribution in [-0.2, 0) is 59.0 Å². The van der Waals surface area contributed by atoms with Crippen LogP contribution in [0.4, 0.5) is 39.8 Å². The van der Waals surface area contributed by atoms with Gasteiger partial charge in [-0.25, -0.2) is 51.9 Å². The average molecular weight is 1320 g/mol. The van der Waals surface area contributed by atoms with Crippen LogP contribution in [0.25, 0.3) is 50.5 Å². The highest BCUT2D eigenvalue weighted by Gasteiger charge is 2.26. The molecule has 10 heterocycles. The van der Waals surface area contributed by atoms with E-state index in [0.29, 0.717) is 115 Å². The first-order valence-electron chi connectivity index (χ1n) is 32.1. The lowest BCUT2D eigenvalue weighted by molar-refractivity contribution is 0.356. The summed E-state index contributed by atoms with van der Waals surface area (Å²) < 4.78 is 97.7. The third kappa shape index (κ3) is 13.1. The monoisotopic (exact) mass is 1320 g/mol. The van der Waals surface area contributed by atoms with E-state index in [1.54, 1.807) is 49.8 Å². The summed E-state index contributed by atoms with van der Waals surface area (Å²) in [5.41, 5.74) is 17.7. The molecule has 7 aromatic heterocycles. The molecule has 0 saturated heterocycles. The molecule has 3 aliphatic rings. The van der Waals surface area contributed by atoms with Crippen molar-refractivity contribution in [1.29, 1.82) is 0 Å². The van der Waals surface area contributed by atoms with Gasteiger partial charge in [-0.3, -0.25) is 17.9 Å². The normalized spacial score (nSPS) is 12.9. The Morgan fingerprint density at radius 1 is 0.454 bits per heavy atom. The number of ether oxygens (including phenoxy) is 3. The van der Waals surface area contributed by atoms with E-state index in [1.165, 1.54) is 18.2 Å². The Balaban J connectivity index is 0.000000132. The summed E-state index contributed by atoms with van der Waals surface area (Å²) >= 11 is 0. The van der Waals surface area contributed by atoms with Crippen LogP contribution in [0.3, 0.4) is 0 Å². The van der Waals surface area contributed by atoms with Gasteiger partial charge >= 0.3 is 0 Å². The second-order valence-electron chi connectivity index (χ2n) is 25.3. The number of halogens is 5. The number of rotatable bonds is 16. The van der Waals surface area contributed by atoms with Gasteiger partial charge < -0.3 is 40.0 Å². The van der Waals surface area contributed by atoms with Crippen molar-refractivity contribution in [2.75, 3.05) is 64.0 Å². The molecular weight excluding hydrogens is 1240 g/mol. The maximum Gasteiger partial charge on any atom is 0.208 e. The Bertz CT molecular complexity index is 4860. The van der Waals surface area contributed by atoms with Crippen molar-refractivity contribution in [3.05, 3.63) is 211 Å². The fourth-order valence-electron chi connectivity index (χ4n) is 13.1. The molecule has 12 aromatic rings. The van der Waals surface area contributed by atoms with E-state index in [-0.39, 0.29) is 42.2 Å². The number of hydrogen-bond donors (Lipinski definition) is 3. The molecule has 24 heteroatoms. The average Bonchev–Trinajstić information content (AvgIpc) is 1.76. The molecule has 0 amide bonds. The molecule has 500 valence electrons. The van der Waals surface area contributed by atoms with Crippen LogP contribution in [-0.4, -0.2) is 111 Å². The molecule has 3 aliphatic heterocycles. The largest absolute Gasteiger partial charge is 0.493 e. The van der Waals surface area contributed by atoms with E-state index in [9.17, 15) is 17.6 Å². The van der Waals surface area contributed by atoms with E-state index in [1.807, 2.05) is 140 Å². The predicted octanol–water partition coefficient (Wildman–Crippen LogP) is 13.2. The lowest BCUT2D eigenvalue weighted by Gasteiger charge is -2.16. The quantitative estimate of drug-likeness (QED) is 0.0778. The van der Waals surface area contributed by atoms with Crippen molar-refractivity contribution in [2.45, 2.75) is 93.5 Å². The molecule has 19 nitrogen and oxygen atoms in total. The van der Waals surface area contributed by atoms with Crippen LogP contribution in [0.2, 0.25) is 0 Å². The van der Waals surface area contributed by atoms with Crippen LogP contribution >= 0.6 is 0 Å². The minimum Gasteiger partial charge on any atom is -0.493 e. The SMILES string of the molecule is Cc1cn2c(NCc3c(F)ccc4c3CCO4)ncc(-c3cc(C)nn3C)c2n1.Cc1cn2c(NCc3c(F)ccc4c3CCO4)ncc(-c3cc(F)c(CN(C)C)cc3C)c2n1.Cc1cn2c(NCc3c(F)ccc4c3CCO4)ncc(-c3ccc(CN(C)C)c(F)c3C)c2n1. The van der Waals surface area contributed by atoms with Crippen LogP contribution < -0.4 is 30.2 Å². The van der Waals surface area contributed by atoms with Crippen LogP contribution in [0.1, 0.15) is 78.4 Å². The molecule has 0 fully saturated rings. The highest BCUT2D eigenvalue weighted by Crippen LogP contribution is 2.37. The smallest absolute Gasteiger partial charge is 0.208 e. The molecule has 0 spiro atoms. The summed E-state index contributed by atoms with van der Waals surface area (Å²) in [5, 5.41) is 14.2. The first-order valence-corrected chi connectivity index (χ1v) is 32.1. The van der Waals surface area contributed by atoms with Crippen LogP contribution in [0, 0.1) is 70.6 Å². The summed E-state index contributed by atoms with van der Waals surface area (Å²) in [6.07, 6.45) is 12.9. The minimum absolute atomic E-state index is 0.217. The minimum atomic E-state index is -0.268. The second kappa shape index (κ2) is 27.0. The number of benzene rings is 5. The summed E-state index contributed by atoms with van der Waals surface area (Å²) in [6.45, 7) is 15.1. The molecule has 0 radical (unpaired) electrons. The molecule has 0 unspecified atom stereocenters. The zero-order chi connectivity index (χ0) is 68.1. The van der Waals surface area contributed by atoms with E-state index in [4.69, 9.17) is 14.2 Å². The fourth-order valence-corrected chi connectivity index (χ4v) is 13.1. The number of imidazole rings is 3. The lowest BCUT2D eigenvalue weighted by atomic mass is 9.99. The van der Waals surface area contributed by atoms with Crippen molar-refractivity contribution in [3.8, 4) is 50.8 Å². The highest BCUT2D eigenvalue weighted by molar-refractivity contribution is 5.82. The molecule has 97 heavy (non-hydrogen) atoms. The molecule has 0 aliphatic carbocycles. The molecule has 5 aromatic carbocycles. The molecule has 0 saturated carbocycles. The van der Waals surface area contributed by atoms with E-state index < -0.39 is 0 Å². The number of hydrogen-bond acceptors (Lipinski definition) is 15. The van der Waals surface area contributed by atoms with E-state index in [0.717, 1.165) is 108 Å². The van der Waals surface area contributed by atoms with Crippen molar-refractivity contribution in [2.24, 2.45) is 7.05 Å². The number of aromatic nitrogens is 11. The summed E-state index contributed by atoms with van der Waals surface area (Å²) in [4.78, 5) is 31.7. The summed E-state index contributed by atoms with van der Waals surface area (Å²) in [5.74, 6) is 2.68. The zero-order valence-electron chi connectivity index (χ0n) is 56.0. The predicted molar refractivity (Wildman–Crippen MR) is 364 cm³/mol. The van der Waals surface area contributed by atoms with E-state index in [2.05, 4.69) is 51.0 Å². The van der Waals surface area contributed by atoms with Gasteiger partial charge in [-0.05, 0) is 141 Å². The van der Waals surface area contributed by atoms with Crippen molar-refractivity contribution < 1.29 is 36.2 Å². The highest BCUT2D eigenvalue weighted by atomic mass is 19.1. The van der Waals surface area contributed by atoms with Crippen LogP contribution in [0.15, 0.2) is 104 Å². The van der Waals surface area contributed by atoms with Crippen LogP contribution in [0.5, 0.6) is 17.2 Å². The topological polar surface area (TPSA) is 179 Å². The first kappa shape index (κ1) is 65.2. The standard InChI is InChI=1S/2C26H27F2N5O.C21H21FN6O/c1-15-9-17(14-32(3)4)23(28)10-19(15)21-12-30-26(33-13-16(2)31-25(21)33)29-11-20-18-7-8-34-24(18)6-5-22(20)27;1-15-13-33-25(31-15)21(18-6-5-17(14-32(3)4)24(28)16(18)2)12-30-26(33)29-11-20-19-9-10-34-23(19)8-7-22(20)27;1-12-8-18(27(3)26-12)16-10-24-21(28-11-13(2)25-20(16)28)23-9-15-14-6-7-29-19(14)5-4-17(15)22/h5-6,9-10,12-13H,7-8,11,14H2,1-4H3,(H,29,30);5-8,12-13H,9-11,14H2,1-4H3,(H,29,30);4-5,8,10-11H,6-7,9H2,1-3H3,(H,23,24). The van der Waals surface area contributed by atoms with Crippen molar-refractivity contribution in [1.82, 2.24) is 62.7 Å².